The van der Waals surface area contributed by atoms with Crippen LogP contribution in [0.1, 0.15) is 17.1 Å². The number of carbonyl (C=O) groups excluding carboxylic acids is 1. The lowest BCUT2D eigenvalue weighted by Crippen LogP contribution is -2.36. The highest BCUT2D eigenvalue weighted by molar-refractivity contribution is 5.98. The molecule has 6 nitrogen and oxygen atoms in total. The molecule has 0 N–H and O–H groups in total. The molecule has 0 radical (unpaired) electrons. The minimum Gasteiger partial charge on any atom is -0.333 e. The third-order valence-corrected chi connectivity index (χ3v) is 4.44. The van der Waals surface area contributed by atoms with Crippen molar-refractivity contribution in [2.45, 2.75) is 6.04 Å². The van der Waals surface area contributed by atoms with Crippen molar-refractivity contribution in [3.8, 4) is 6.07 Å². The van der Waals surface area contributed by atoms with Crippen LogP contribution in [0.5, 0.6) is 0 Å². The quantitative estimate of drug-likeness (QED) is 0.660. The van der Waals surface area contributed by atoms with Crippen LogP contribution in [0.3, 0.4) is 0 Å². The van der Waals surface area contributed by atoms with Gasteiger partial charge in [0.2, 0.25) is 0 Å². The van der Waals surface area contributed by atoms with Crippen LogP contribution < -0.4 is 4.90 Å². The Bertz CT molecular complexity index is 1100. The van der Waals surface area contributed by atoms with Crippen molar-refractivity contribution in [2.75, 3.05) is 4.90 Å². The minimum atomic E-state index is -0.605. The number of allylic oxidation sites excluding steroid dienone is 2. The first-order chi connectivity index (χ1) is 13.8. The number of hydrogen-bond donors (Lipinski definition) is 0. The topological polar surface area (TPSA) is 82.8 Å². The van der Waals surface area contributed by atoms with E-state index in [1.54, 1.807) is 36.8 Å². The molecule has 1 aliphatic rings. The van der Waals surface area contributed by atoms with E-state index in [1.165, 1.54) is 0 Å². The molecule has 28 heavy (non-hydrogen) atoms. The molecule has 0 fully saturated rings. The molecular formula is C22H15N5O. The van der Waals surface area contributed by atoms with Crippen molar-refractivity contribution >= 4 is 23.1 Å². The number of nitrogens with zero attached hydrogens (tertiary/aromatic N) is 5. The molecule has 6 heteroatoms. The largest absolute Gasteiger partial charge is 0.333 e. The van der Waals surface area contributed by atoms with Crippen LogP contribution in [0.4, 0.5) is 5.69 Å². The molecule has 0 saturated carbocycles. The van der Waals surface area contributed by atoms with Gasteiger partial charge in [-0.15, -0.1) is 0 Å². The number of rotatable bonds is 4. The molecule has 134 valence electrons. The van der Waals surface area contributed by atoms with Crippen LogP contribution in [-0.2, 0) is 4.79 Å². The summed E-state index contributed by atoms with van der Waals surface area (Å²) in [7, 11) is 0. The van der Waals surface area contributed by atoms with Crippen molar-refractivity contribution in [2.24, 2.45) is 0 Å². The van der Waals surface area contributed by atoms with E-state index < -0.39 is 6.04 Å². The Balaban J connectivity index is 1.93. The number of benzene rings is 1. The van der Waals surface area contributed by atoms with Crippen molar-refractivity contribution in [3.05, 3.63) is 96.5 Å². The van der Waals surface area contributed by atoms with E-state index in [4.69, 9.17) is 0 Å². The fraction of sp³-hybridized carbons (Fsp3) is 0.0455. The Hall–Kier alpha value is -4.11. The first-order valence-corrected chi connectivity index (χ1v) is 8.67. The summed E-state index contributed by atoms with van der Waals surface area (Å²) in [4.78, 5) is 26.8. The van der Waals surface area contributed by atoms with Crippen LogP contribution >= 0.6 is 0 Å². The molecule has 1 atom stereocenters. The second-order valence-corrected chi connectivity index (χ2v) is 6.09. The second kappa shape index (κ2) is 7.64. The summed E-state index contributed by atoms with van der Waals surface area (Å²) < 4.78 is 0. The van der Waals surface area contributed by atoms with Gasteiger partial charge in [-0.1, -0.05) is 24.3 Å². The number of hydrogen-bond acceptors (Lipinski definition) is 6. The maximum absolute atomic E-state index is 12.1. The Labute approximate surface area is 162 Å². The van der Waals surface area contributed by atoms with Gasteiger partial charge < -0.3 is 9.69 Å². The highest BCUT2D eigenvalue weighted by atomic mass is 16.1. The van der Waals surface area contributed by atoms with E-state index in [-0.39, 0.29) is 5.69 Å². The highest BCUT2D eigenvalue weighted by Crippen LogP contribution is 2.34. The van der Waals surface area contributed by atoms with Crippen molar-refractivity contribution in [1.29, 1.82) is 5.26 Å². The third kappa shape index (κ3) is 3.17. The van der Waals surface area contributed by atoms with E-state index in [2.05, 4.69) is 21.0 Å². The normalized spacial score (nSPS) is 16.0. The van der Waals surface area contributed by atoms with Crippen LogP contribution in [0, 0.1) is 11.3 Å². The van der Waals surface area contributed by atoms with Crippen molar-refractivity contribution < 1.29 is 4.79 Å². The maximum Gasteiger partial charge on any atom is 0.160 e. The molecule has 3 heterocycles. The number of aldehydes is 1. The Kier molecular flexibility index (Phi) is 4.72. The van der Waals surface area contributed by atoms with E-state index in [0.717, 1.165) is 17.5 Å². The van der Waals surface area contributed by atoms with Gasteiger partial charge in [0.1, 0.15) is 24.1 Å². The smallest absolute Gasteiger partial charge is 0.160 e. The first-order valence-electron chi connectivity index (χ1n) is 8.67. The van der Waals surface area contributed by atoms with Crippen LogP contribution in [0.25, 0.3) is 11.1 Å². The zero-order valence-electron chi connectivity index (χ0n) is 14.8. The lowest BCUT2D eigenvalue weighted by molar-refractivity contribution is -0.107. The third-order valence-electron chi connectivity index (χ3n) is 4.44. The average molecular weight is 365 g/mol. The van der Waals surface area contributed by atoms with E-state index in [0.29, 0.717) is 17.0 Å². The zero-order chi connectivity index (χ0) is 19.3. The predicted octanol–water partition coefficient (Wildman–Crippen LogP) is 3.26. The summed E-state index contributed by atoms with van der Waals surface area (Å²) >= 11 is 0. The van der Waals surface area contributed by atoms with Crippen molar-refractivity contribution in [3.63, 3.8) is 0 Å². The zero-order valence-corrected chi connectivity index (χ0v) is 14.8. The maximum atomic E-state index is 12.1. The summed E-state index contributed by atoms with van der Waals surface area (Å²) in [5.74, 6) is 0.535. The lowest BCUT2D eigenvalue weighted by Gasteiger charge is -2.33. The molecule has 0 aliphatic carbocycles. The number of pyridine rings is 1. The molecule has 1 unspecified atom stereocenters. The fourth-order valence-electron chi connectivity index (χ4n) is 3.18. The van der Waals surface area contributed by atoms with Gasteiger partial charge in [-0.25, -0.2) is 15.0 Å². The van der Waals surface area contributed by atoms with E-state index >= 15 is 0 Å². The van der Waals surface area contributed by atoms with Crippen LogP contribution in [-0.4, -0.2) is 27.3 Å². The summed E-state index contributed by atoms with van der Waals surface area (Å²) in [5.41, 5.74) is 3.15. The number of para-hydroxylation sites is 1. The molecule has 2 aromatic heterocycles. The molecular weight excluding hydrogens is 350 g/mol. The number of anilines is 1. The molecule has 1 aromatic carbocycles. The molecule has 0 amide bonds. The Morgan fingerprint density at radius 3 is 2.43 bits per heavy atom. The van der Waals surface area contributed by atoms with Gasteiger partial charge in [-0.2, -0.15) is 5.26 Å². The van der Waals surface area contributed by atoms with Crippen LogP contribution in [0.15, 0.2) is 79.4 Å². The summed E-state index contributed by atoms with van der Waals surface area (Å²) in [6.45, 7) is 0. The van der Waals surface area contributed by atoms with Crippen LogP contribution in [0.2, 0.25) is 0 Å². The van der Waals surface area contributed by atoms with Gasteiger partial charge in [0, 0.05) is 41.6 Å². The molecule has 4 rings (SSSR count). The minimum absolute atomic E-state index is 0.267. The molecule has 1 aliphatic heterocycles. The predicted molar refractivity (Wildman–Crippen MR) is 106 cm³/mol. The molecule has 0 bridgehead atoms. The van der Waals surface area contributed by atoms with E-state index in [1.807, 2.05) is 47.5 Å². The molecule has 0 spiro atoms. The molecule has 3 aromatic rings. The number of carbonyl (C=O) groups is 1. The molecule has 0 saturated heterocycles. The fourth-order valence-corrected chi connectivity index (χ4v) is 3.18. The first kappa shape index (κ1) is 17.3. The lowest BCUT2D eigenvalue weighted by atomic mass is 9.91. The summed E-state index contributed by atoms with van der Waals surface area (Å²) in [6, 6.07) is 16.4. The summed E-state index contributed by atoms with van der Waals surface area (Å²) in [6.07, 6.45) is 9.47. The van der Waals surface area contributed by atoms with Gasteiger partial charge in [-0.05, 0) is 35.9 Å². The number of aromatic nitrogens is 3. The second-order valence-electron chi connectivity index (χ2n) is 6.09. The monoisotopic (exact) mass is 365 g/mol. The summed E-state index contributed by atoms with van der Waals surface area (Å²) in [5, 5.41) is 9.49. The Morgan fingerprint density at radius 1 is 0.964 bits per heavy atom. The highest BCUT2D eigenvalue weighted by Gasteiger charge is 2.29. The standard InChI is InChI=1S/C22H15N5O/c23-13-20-18(8-4-9-24-20)19-12-16(22-25-10-5-11-26-22)14-27(21(19)15-28)17-6-2-1-3-7-17/h1-12,14-15,21H. The number of nitriles is 1. The van der Waals surface area contributed by atoms with Gasteiger partial charge in [-0.3, -0.25) is 0 Å². The van der Waals surface area contributed by atoms with Gasteiger partial charge >= 0.3 is 0 Å². The van der Waals surface area contributed by atoms with Gasteiger partial charge in [0.25, 0.3) is 0 Å². The van der Waals surface area contributed by atoms with Crippen molar-refractivity contribution in [1.82, 2.24) is 15.0 Å². The van der Waals surface area contributed by atoms with Gasteiger partial charge in [0.05, 0.1) is 0 Å². The Morgan fingerprint density at radius 2 is 1.71 bits per heavy atom. The van der Waals surface area contributed by atoms with E-state index in [9.17, 15) is 10.1 Å². The average Bonchev–Trinajstić information content (AvgIpc) is 2.79. The van der Waals surface area contributed by atoms with Gasteiger partial charge in [0.15, 0.2) is 5.82 Å². The SMILES string of the molecule is N#Cc1ncccc1C1=CC(c2ncccn2)=CN(c2ccccc2)C1C=O.